The summed E-state index contributed by atoms with van der Waals surface area (Å²) in [4.78, 5) is 24.0. The summed E-state index contributed by atoms with van der Waals surface area (Å²) in [5, 5.41) is 9.46. The molecule has 0 aromatic carbocycles. The fourth-order valence-electron chi connectivity index (χ4n) is 4.62. The van der Waals surface area contributed by atoms with Crippen LogP contribution in [0.2, 0.25) is 0 Å². The molecule has 0 amide bonds. The number of rotatable bonds is 28. The Balaban J connectivity index is 3.56. The summed E-state index contributed by atoms with van der Waals surface area (Å²) >= 11 is 0. The molecular formula is C32H62O5. The number of aliphatic hydroxyl groups is 1. The van der Waals surface area contributed by atoms with E-state index in [0.29, 0.717) is 12.8 Å². The molecule has 0 spiro atoms. The second-order valence-electron chi connectivity index (χ2n) is 11.4. The summed E-state index contributed by atoms with van der Waals surface area (Å²) < 4.78 is 10.5. The highest BCUT2D eigenvalue weighted by atomic mass is 16.6. The number of hydrogen-bond acceptors (Lipinski definition) is 5. The number of ether oxygens (including phenoxy) is 2. The molecule has 5 heteroatoms. The van der Waals surface area contributed by atoms with Crippen molar-refractivity contribution in [3.8, 4) is 0 Å². The van der Waals surface area contributed by atoms with E-state index in [-0.39, 0.29) is 25.2 Å². The molecule has 0 saturated carbocycles. The van der Waals surface area contributed by atoms with Crippen LogP contribution in [0.4, 0.5) is 0 Å². The van der Waals surface area contributed by atoms with Crippen LogP contribution in [0.5, 0.6) is 0 Å². The summed E-state index contributed by atoms with van der Waals surface area (Å²) in [7, 11) is 0. The van der Waals surface area contributed by atoms with E-state index in [9.17, 15) is 14.7 Å². The van der Waals surface area contributed by atoms with Gasteiger partial charge in [0, 0.05) is 12.8 Å². The Labute approximate surface area is 229 Å². The molecule has 0 aliphatic carbocycles. The molecule has 37 heavy (non-hydrogen) atoms. The van der Waals surface area contributed by atoms with Gasteiger partial charge in [0.2, 0.25) is 0 Å². The normalized spacial score (nSPS) is 12.1. The van der Waals surface area contributed by atoms with E-state index < -0.39 is 6.10 Å². The van der Waals surface area contributed by atoms with Gasteiger partial charge in [-0.1, -0.05) is 143 Å². The molecule has 0 unspecified atom stereocenters. The first-order chi connectivity index (χ1) is 18.0. The molecule has 0 heterocycles. The zero-order chi connectivity index (χ0) is 27.4. The van der Waals surface area contributed by atoms with Crippen molar-refractivity contribution < 1.29 is 24.2 Å². The highest BCUT2D eigenvalue weighted by molar-refractivity contribution is 5.70. The van der Waals surface area contributed by atoms with Gasteiger partial charge in [-0.2, -0.15) is 0 Å². The molecule has 0 rings (SSSR count). The molecular weight excluding hydrogens is 464 g/mol. The van der Waals surface area contributed by atoms with Crippen LogP contribution in [0, 0.1) is 5.92 Å². The Bertz CT molecular complexity index is 505. The minimum absolute atomic E-state index is 0.0593. The molecule has 0 radical (unpaired) electrons. The Morgan fingerprint density at radius 1 is 0.595 bits per heavy atom. The Kier molecular flexibility index (Phi) is 27.1. The molecule has 0 saturated heterocycles. The molecule has 1 atom stereocenters. The van der Waals surface area contributed by atoms with Gasteiger partial charge in [0.05, 0.1) is 6.61 Å². The second-order valence-corrected chi connectivity index (χ2v) is 11.4. The van der Waals surface area contributed by atoms with Crippen molar-refractivity contribution >= 4 is 11.9 Å². The van der Waals surface area contributed by atoms with Gasteiger partial charge in [0.15, 0.2) is 6.10 Å². The summed E-state index contributed by atoms with van der Waals surface area (Å²) in [5.74, 6) is 0.241. The minimum atomic E-state index is -0.759. The van der Waals surface area contributed by atoms with Crippen LogP contribution >= 0.6 is 0 Å². The van der Waals surface area contributed by atoms with Gasteiger partial charge in [-0.05, 0) is 18.8 Å². The molecule has 1 N–H and O–H groups in total. The molecule has 220 valence electrons. The first kappa shape index (κ1) is 35.9. The smallest absolute Gasteiger partial charge is 0.306 e. The number of esters is 2. The molecule has 0 aromatic rings. The third-order valence-corrected chi connectivity index (χ3v) is 7.08. The van der Waals surface area contributed by atoms with Crippen molar-refractivity contribution in [2.75, 3.05) is 13.2 Å². The van der Waals surface area contributed by atoms with Crippen LogP contribution in [0.25, 0.3) is 0 Å². The van der Waals surface area contributed by atoms with Crippen molar-refractivity contribution in [3.63, 3.8) is 0 Å². The lowest BCUT2D eigenvalue weighted by Gasteiger charge is -2.15. The average Bonchev–Trinajstić information content (AvgIpc) is 2.88. The quantitative estimate of drug-likeness (QED) is 0.0813. The van der Waals surface area contributed by atoms with Crippen LogP contribution in [0.1, 0.15) is 168 Å². The summed E-state index contributed by atoms with van der Waals surface area (Å²) in [6.45, 7) is 6.44. The molecule has 0 aliphatic heterocycles. The summed E-state index contributed by atoms with van der Waals surface area (Å²) in [6, 6.07) is 0. The lowest BCUT2D eigenvalue weighted by Crippen LogP contribution is -2.28. The number of carbonyl (C=O) groups excluding carboxylic acids is 2. The highest BCUT2D eigenvalue weighted by Crippen LogP contribution is 2.14. The largest absolute Gasteiger partial charge is 0.462 e. The van der Waals surface area contributed by atoms with Crippen molar-refractivity contribution in [2.24, 2.45) is 5.92 Å². The fourth-order valence-corrected chi connectivity index (χ4v) is 4.62. The van der Waals surface area contributed by atoms with Crippen LogP contribution in [0.3, 0.4) is 0 Å². The Morgan fingerprint density at radius 3 is 1.43 bits per heavy atom. The average molecular weight is 527 g/mol. The Morgan fingerprint density at radius 2 is 1.00 bits per heavy atom. The van der Waals surface area contributed by atoms with E-state index in [1.54, 1.807) is 0 Å². The third kappa shape index (κ3) is 27.7. The van der Waals surface area contributed by atoms with E-state index >= 15 is 0 Å². The predicted molar refractivity (Wildman–Crippen MR) is 155 cm³/mol. The van der Waals surface area contributed by atoms with E-state index in [0.717, 1.165) is 44.4 Å². The van der Waals surface area contributed by atoms with Gasteiger partial charge in [0.25, 0.3) is 0 Å². The van der Waals surface area contributed by atoms with Crippen LogP contribution < -0.4 is 0 Å². The SMILES string of the molecule is CCCCCCCCCCCCC(=O)O[C@@H](CO)COC(=O)CCCCCCCCCCCCC(C)C. The topological polar surface area (TPSA) is 72.8 Å². The second kappa shape index (κ2) is 27.9. The lowest BCUT2D eigenvalue weighted by molar-refractivity contribution is -0.161. The number of unbranched alkanes of at least 4 members (excludes halogenated alkanes) is 18. The molecule has 5 nitrogen and oxygen atoms in total. The number of hydrogen-bond donors (Lipinski definition) is 1. The van der Waals surface area contributed by atoms with E-state index in [2.05, 4.69) is 20.8 Å². The summed E-state index contributed by atoms with van der Waals surface area (Å²) in [6.07, 6.45) is 25.8. The summed E-state index contributed by atoms with van der Waals surface area (Å²) in [5.41, 5.74) is 0. The van der Waals surface area contributed by atoms with E-state index in [4.69, 9.17) is 9.47 Å². The molecule has 0 fully saturated rings. The maximum Gasteiger partial charge on any atom is 0.306 e. The van der Waals surface area contributed by atoms with E-state index in [1.807, 2.05) is 0 Å². The third-order valence-electron chi connectivity index (χ3n) is 7.08. The monoisotopic (exact) mass is 526 g/mol. The fraction of sp³-hybridized carbons (Fsp3) is 0.938. The first-order valence-corrected chi connectivity index (χ1v) is 16.0. The zero-order valence-electron chi connectivity index (χ0n) is 24.9. The zero-order valence-corrected chi connectivity index (χ0v) is 24.9. The van der Waals surface area contributed by atoms with Crippen molar-refractivity contribution in [3.05, 3.63) is 0 Å². The maximum atomic E-state index is 12.0. The predicted octanol–water partition coefficient (Wildman–Crippen LogP) is 9.08. The molecule has 0 bridgehead atoms. The van der Waals surface area contributed by atoms with Gasteiger partial charge >= 0.3 is 11.9 Å². The van der Waals surface area contributed by atoms with Gasteiger partial charge in [-0.15, -0.1) is 0 Å². The maximum absolute atomic E-state index is 12.0. The highest BCUT2D eigenvalue weighted by Gasteiger charge is 2.16. The van der Waals surface area contributed by atoms with Crippen molar-refractivity contribution in [1.82, 2.24) is 0 Å². The molecule has 0 aromatic heterocycles. The Hall–Kier alpha value is -1.10. The van der Waals surface area contributed by atoms with Crippen LogP contribution in [-0.4, -0.2) is 36.4 Å². The van der Waals surface area contributed by atoms with Crippen LogP contribution in [-0.2, 0) is 19.1 Å². The number of carbonyl (C=O) groups is 2. The standard InChI is InChI=1S/C32H62O5/c1-4-5-6-7-8-9-13-17-20-23-26-32(35)37-30(27-33)28-36-31(34)25-22-19-16-14-11-10-12-15-18-21-24-29(2)3/h29-30,33H,4-28H2,1-3H3/t30-/m0/s1. The van der Waals surface area contributed by atoms with Gasteiger partial charge in [-0.25, -0.2) is 0 Å². The minimum Gasteiger partial charge on any atom is -0.462 e. The number of aliphatic hydroxyl groups excluding tert-OH is 1. The molecule has 0 aliphatic rings. The van der Waals surface area contributed by atoms with Crippen molar-refractivity contribution in [2.45, 2.75) is 175 Å². The van der Waals surface area contributed by atoms with Crippen LogP contribution in [0.15, 0.2) is 0 Å². The van der Waals surface area contributed by atoms with E-state index in [1.165, 1.54) is 96.3 Å². The van der Waals surface area contributed by atoms with Gasteiger partial charge in [-0.3, -0.25) is 9.59 Å². The van der Waals surface area contributed by atoms with Gasteiger partial charge < -0.3 is 14.6 Å². The van der Waals surface area contributed by atoms with Gasteiger partial charge in [0.1, 0.15) is 6.61 Å². The first-order valence-electron chi connectivity index (χ1n) is 16.0. The lowest BCUT2D eigenvalue weighted by atomic mass is 10.0. The van der Waals surface area contributed by atoms with Crippen molar-refractivity contribution in [1.29, 1.82) is 0 Å².